The molecule has 11 heteroatoms. The molecule has 3 fully saturated rings. The van der Waals surface area contributed by atoms with Gasteiger partial charge in [0.15, 0.2) is 6.29 Å². The summed E-state index contributed by atoms with van der Waals surface area (Å²) in [7, 11) is 0. The maximum Gasteiger partial charge on any atom is 0.222 e. The number of carbonyl (C=O) groups excluding carboxylic acids is 2. The van der Waals surface area contributed by atoms with Crippen LogP contribution in [0.2, 0.25) is 0 Å². The van der Waals surface area contributed by atoms with E-state index in [9.17, 15) is 30.0 Å². The van der Waals surface area contributed by atoms with Crippen molar-refractivity contribution in [2.75, 3.05) is 26.4 Å². The van der Waals surface area contributed by atoms with Crippen LogP contribution in [0.1, 0.15) is 58.3 Å². The van der Waals surface area contributed by atoms with Gasteiger partial charge in [0, 0.05) is 26.5 Å². The number of nitrogens with one attached hydrogen (secondary N) is 1. The number of aliphatic hydroxyl groups is 4. The Labute approximate surface area is 200 Å². The van der Waals surface area contributed by atoms with Crippen LogP contribution >= 0.6 is 0 Å². The molecular formula is C23H40N2O9. The van der Waals surface area contributed by atoms with Crippen molar-refractivity contribution < 1.29 is 44.2 Å². The molecule has 5 N–H and O–H groups in total. The van der Waals surface area contributed by atoms with E-state index in [1.54, 1.807) is 4.90 Å². The summed E-state index contributed by atoms with van der Waals surface area (Å²) in [6.07, 6.45) is 2.00. The van der Waals surface area contributed by atoms with Gasteiger partial charge in [-0.3, -0.25) is 9.59 Å². The van der Waals surface area contributed by atoms with Crippen LogP contribution in [0, 0.1) is 0 Å². The lowest BCUT2D eigenvalue weighted by Gasteiger charge is -2.42. The number of ether oxygens (including phenoxy) is 3. The Morgan fingerprint density at radius 2 is 1.82 bits per heavy atom. The fourth-order valence-corrected chi connectivity index (χ4v) is 4.74. The fraction of sp³-hybridized carbons (Fsp3) is 0.913. The molecule has 2 saturated heterocycles. The first-order chi connectivity index (χ1) is 16.3. The summed E-state index contributed by atoms with van der Waals surface area (Å²) in [5.74, 6) is -0.387. The summed E-state index contributed by atoms with van der Waals surface area (Å²) < 4.78 is 17.2. The smallest absolute Gasteiger partial charge is 0.222 e. The Kier molecular flexibility index (Phi) is 10.5. The molecule has 0 radical (unpaired) electrons. The quantitative estimate of drug-likeness (QED) is 0.218. The molecule has 0 aromatic rings. The monoisotopic (exact) mass is 488 g/mol. The standard InChI is InChI=1S/C23H40N2O9/c1-14(28)24-20-22(31)21(30)18(13-27)34-23(20)32-9-4-2-3-8-19(29)25-11-17(10-15(25)12-26)33-16-6-5-7-16/h15-18,20-23,26-27,30-31H,2-13H2,1H3,(H,24,28)/t15-,17+,18?,20?,21?,22?,23?/m0/s1. The van der Waals surface area contributed by atoms with Gasteiger partial charge in [-0.25, -0.2) is 0 Å². The number of likely N-dealkylation sites (tertiary alicyclic amines) is 1. The highest BCUT2D eigenvalue weighted by Crippen LogP contribution is 2.29. The van der Waals surface area contributed by atoms with Gasteiger partial charge in [-0.1, -0.05) is 6.42 Å². The van der Waals surface area contributed by atoms with Gasteiger partial charge in [0.05, 0.1) is 31.5 Å². The molecule has 11 nitrogen and oxygen atoms in total. The topological polar surface area (TPSA) is 158 Å². The van der Waals surface area contributed by atoms with Crippen LogP contribution in [0.15, 0.2) is 0 Å². The molecule has 3 rings (SSSR count). The van der Waals surface area contributed by atoms with Crippen molar-refractivity contribution in [2.45, 2.75) is 107 Å². The molecule has 2 heterocycles. The maximum absolute atomic E-state index is 12.7. The average Bonchev–Trinajstić information content (AvgIpc) is 3.20. The van der Waals surface area contributed by atoms with Crippen molar-refractivity contribution in [3.63, 3.8) is 0 Å². The highest BCUT2D eigenvalue weighted by molar-refractivity contribution is 5.77. The largest absolute Gasteiger partial charge is 0.394 e. The molecule has 2 aliphatic heterocycles. The van der Waals surface area contributed by atoms with E-state index in [4.69, 9.17) is 14.2 Å². The Morgan fingerprint density at radius 3 is 2.44 bits per heavy atom. The summed E-state index contributed by atoms with van der Waals surface area (Å²) in [5, 5.41) is 41.9. The molecule has 0 bridgehead atoms. The van der Waals surface area contributed by atoms with Crippen LogP contribution in [0.3, 0.4) is 0 Å². The zero-order valence-corrected chi connectivity index (χ0v) is 19.9. The van der Waals surface area contributed by atoms with Crippen molar-refractivity contribution in [1.82, 2.24) is 10.2 Å². The molecule has 2 amide bonds. The van der Waals surface area contributed by atoms with E-state index in [1.807, 2.05) is 0 Å². The molecule has 0 aromatic carbocycles. The number of amides is 2. The second kappa shape index (κ2) is 13.1. The van der Waals surface area contributed by atoms with Gasteiger partial charge in [-0.05, 0) is 38.5 Å². The second-order valence-corrected chi connectivity index (χ2v) is 9.54. The number of nitrogens with zero attached hydrogens (tertiary/aromatic N) is 1. The van der Waals surface area contributed by atoms with Crippen molar-refractivity contribution in [1.29, 1.82) is 0 Å². The van der Waals surface area contributed by atoms with Crippen molar-refractivity contribution in [3.05, 3.63) is 0 Å². The zero-order valence-electron chi connectivity index (χ0n) is 19.9. The number of hydrogen-bond donors (Lipinski definition) is 5. The van der Waals surface area contributed by atoms with Crippen LogP contribution in [0.5, 0.6) is 0 Å². The summed E-state index contributed by atoms with van der Waals surface area (Å²) in [5.41, 5.74) is 0. The summed E-state index contributed by atoms with van der Waals surface area (Å²) in [6, 6.07) is -1.14. The average molecular weight is 489 g/mol. The number of rotatable bonds is 12. The zero-order chi connectivity index (χ0) is 24.7. The predicted molar refractivity (Wildman–Crippen MR) is 120 cm³/mol. The summed E-state index contributed by atoms with van der Waals surface area (Å²) >= 11 is 0. The Morgan fingerprint density at radius 1 is 1.06 bits per heavy atom. The van der Waals surface area contributed by atoms with E-state index in [1.165, 1.54) is 13.3 Å². The van der Waals surface area contributed by atoms with Gasteiger partial charge in [-0.15, -0.1) is 0 Å². The third kappa shape index (κ3) is 7.09. The molecule has 0 aromatic heterocycles. The number of carbonyl (C=O) groups is 2. The summed E-state index contributed by atoms with van der Waals surface area (Å²) in [6.45, 7) is 1.53. The first kappa shape index (κ1) is 27.3. The molecule has 3 aliphatic rings. The first-order valence-electron chi connectivity index (χ1n) is 12.4. The normalized spacial score (nSPS) is 34.1. The van der Waals surface area contributed by atoms with Crippen molar-refractivity contribution >= 4 is 11.8 Å². The molecule has 196 valence electrons. The van der Waals surface area contributed by atoms with E-state index in [-0.39, 0.29) is 31.3 Å². The minimum Gasteiger partial charge on any atom is -0.394 e. The molecule has 5 unspecified atom stereocenters. The second-order valence-electron chi connectivity index (χ2n) is 9.54. The number of unbranched alkanes of at least 4 members (excludes halogenated alkanes) is 2. The third-order valence-electron chi connectivity index (χ3n) is 6.91. The van der Waals surface area contributed by atoms with Gasteiger partial charge < -0.3 is 44.9 Å². The molecular weight excluding hydrogens is 448 g/mol. The SMILES string of the molecule is CC(=O)NC1C(OCCCCCC(=O)N2C[C@H](OC3CCC3)C[C@H]2CO)OC(CO)C(O)C1O. The van der Waals surface area contributed by atoms with Gasteiger partial charge in [-0.2, -0.15) is 0 Å². The lowest BCUT2D eigenvalue weighted by Crippen LogP contribution is -2.64. The van der Waals surface area contributed by atoms with Crippen LogP contribution in [-0.4, -0.2) is 112 Å². The van der Waals surface area contributed by atoms with Gasteiger partial charge >= 0.3 is 0 Å². The molecule has 1 aliphatic carbocycles. The van der Waals surface area contributed by atoms with E-state index in [2.05, 4.69) is 5.32 Å². The molecule has 34 heavy (non-hydrogen) atoms. The lowest BCUT2D eigenvalue weighted by atomic mass is 9.96. The minimum atomic E-state index is -1.35. The van der Waals surface area contributed by atoms with Gasteiger partial charge in [0.1, 0.15) is 24.4 Å². The van der Waals surface area contributed by atoms with Crippen LogP contribution < -0.4 is 5.32 Å². The third-order valence-corrected chi connectivity index (χ3v) is 6.91. The lowest BCUT2D eigenvalue weighted by molar-refractivity contribution is -0.270. The minimum absolute atomic E-state index is 0.00321. The Hall–Kier alpha value is -1.34. The van der Waals surface area contributed by atoms with Crippen molar-refractivity contribution in [2.24, 2.45) is 0 Å². The molecule has 0 spiro atoms. The van der Waals surface area contributed by atoms with E-state index in [0.29, 0.717) is 38.3 Å². The van der Waals surface area contributed by atoms with Crippen LogP contribution in [0.25, 0.3) is 0 Å². The first-order valence-corrected chi connectivity index (χ1v) is 12.4. The van der Waals surface area contributed by atoms with Crippen molar-refractivity contribution in [3.8, 4) is 0 Å². The summed E-state index contributed by atoms with van der Waals surface area (Å²) in [4.78, 5) is 25.9. The maximum atomic E-state index is 12.7. The van der Waals surface area contributed by atoms with E-state index < -0.39 is 43.2 Å². The van der Waals surface area contributed by atoms with Gasteiger partial charge in [0.25, 0.3) is 0 Å². The highest BCUT2D eigenvalue weighted by atomic mass is 16.7. The van der Waals surface area contributed by atoms with Crippen LogP contribution in [-0.2, 0) is 23.8 Å². The Bertz CT molecular complexity index is 662. The van der Waals surface area contributed by atoms with Crippen LogP contribution in [0.4, 0.5) is 0 Å². The highest BCUT2D eigenvalue weighted by Gasteiger charge is 2.45. The van der Waals surface area contributed by atoms with E-state index in [0.717, 1.165) is 19.3 Å². The predicted octanol–water partition coefficient (Wildman–Crippen LogP) is -0.962. The Balaban J connectivity index is 1.36. The number of hydrogen-bond acceptors (Lipinski definition) is 9. The molecule has 1 saturated carbocycles. The molecule has 7 atom stereocenters. The van der Waals surface area contributed by atoms with Gasteiger partial charge in [0.2, 0.25) is 11.8 Å². The fourth-order valence-electron chi connectivity index (χ4n) is 4.74. The number of aliphatic hydroxyl groups excluding tert-OH is 4. The van der Waals surface area contributed by atoms with E-state index >= 15 is 0 Å².